The summed E-state index contributed by atoms with van der Waals surface area (Å²) in [6.45, 7) is 14.7. The Morgan fingerprint density at radius 1 is 0.931 bits per heavy atom. The molecule has 384 valence electrons. The maximum absolute atomic E-state index is 13.9. The Bertz CT molecular complexity index is 2660. The minimum absolute atomic E-state index is 0.0671. The maximum Gasteiger partial charge on any atom is 0.407 e. The lowest BCUT2D eigenvalue weighted by atomic mass is 9.93. The lowest BCUT2D eigenvalue weighted by Gasteiger charge is -2.30. The first kappa shape index (κ1) is 56.8. The van der Waals surface area contributed by atoms with Crippen molar-refractivity contribution in [3.8, 4) is 5.75 Å². The Balaban J connectivity index is 0.000000363. The number of allylic oxidation sites excluding steroid dienone is 1. The van der Waals surface area contributed by atoms with Crippen molar-refractivity contribution in [1.29, 1.82) is 0 Å². The van der Waals surface area contributed by atoms with E-state index in [4.69, 9.17) is 37.7 Å². The quantitative estimate of drug-likeness (QED) is 0.0323. The van der Waals surface area contributed by atoms with Gasteiger partial charge in [0.1, 0.15) is 35.8 Å². The van der Waals surface area contributed by atoms with Crippen molar-refractivity contribution >= 4 is 75.2 Å². The molecule has 14 nitrogen and oxygen atoms in total. The fourth-order valence-electron chi connectivity index (χ4n) is 7.20. The van der Waals surface area contributed by atoms with Crippen LogP contribution in [0.25, 0.3) is 0 Å². The van der Waals surface area contributed by atoms with Gasteiger partial charge in [0.25, 0.3) is 0 Å². The van der Waals surface area contributed by atoms with Crippen LogP contribution in [0.15, 0.2) is 124 Å². The largest absolute Gasteiger partial charge is 0.488 e. The molecule has 0 fully saturated rings. The van der Waals surface area contributed by atoms with Gasteiger partial charge >= 0.3 is 12.1 Å². The average Bonchev–Trinajstić information content (AvgIpc) is 4.15. The van der Waals surface area contributed by atoms with Crippen LogP contribution in [0.5, 0.6) is 5.75 Å². The molecule has 0 aliphatic heterocycles. The molecule has 4 atom stereocenters. The summed E-state index contributed by atoms with van der Waals surface area (Å²) < 4.78 is 16.4. The monoisotopic (exact) mass is 1060 g/mol. The van der Waals surface area contributed by atoms with Crippen LogP contribution in [0.3, 0.4) is 0 Å². The Morgan fingerprint density at radius 3 is 2.22 bits per heavy atom. The number of aliphatic hydroxyl groups is 1. The lowest BCUT2D eigenvalue weighted by Crippen LogP contribution is -2.55. The van der Waals surface area contributed by atoms with E-state index in [0.717, 1.165) is 43.7 Å². The van der Waals surface area contributed by atoms with E-state index in [0.29, 0.717) is 47.7 Å². The SMILES string of the molecule is CC(C)=CCOc1cc(NC(=S)c2ccoc2C)ccc1Cl.CC(C)c1nc(CN(C)C(=O)N[C@H](C(=O)N[C@@H](Cc2ccccc2)C[C@H](O)[C@H](Cc2ccccc2)NC(=O)OCc2cncs2)C(C)C)cs1. The molecule has 18 heteroatoms. The van der Waals surface area contributed by atoms with Crippen LogP contribution in [0.2, 0.25) is 5.02 Å². The predicted octanol–water partition coefficient (Wildman–Crippen LogP) is 11.3. The number of amides is 4. The van der Waals surface area contributed by atoms with Crippen molar-refractivity contribution in [2.75, 3.05) is 19.0 Å². The Hall–Kier alpha value is -6.11. The van der Waals surface area contributed by atoms with E-state index in [1.54, 1.807) is 42.4 Å². The summed E-state index contributed by atoms with van der Waals surface area (Å²) in [5.41, 5.74) is 7.24. The van der Waals surface area contributed by atoms with E-state index in [1.807, 2.05) is 125 Å². The van der Waals surface area contributed by atoms with Gasteiger partial charge in [-0.2, -0.15) is 0 Å². The first-order valence-electron chi connectivity index (χ1n) is 23.7. The van der Waals surface area contributed by atoms with E-state index < -0.39 is 30.3 Å². The number of alkyl carbamates (subject to hydrolysis) is 1. The number of aliphatic hydroxyl groups excluding tert-OH is 1. The van der Waals surface area contributed by atoms with Gasteiger partial charge in [-0.1, -0.05) is 118 Å². The van der Waals surface area contributed by atoms with Gasteiger partial charge in [-0.25, -0.2) is 14.6 Å². The molecule has 0 radical (unpaired) electrons. The second-order valence-corrected chi connectivity index (χ2v) is 20.8. The second kappa shape index (κ2) is 28.8. The normalized spacial score (nSPS) is 12.6. The highest BCUT2D eigenvalue weighted by atomic mass is 35.5. The predicted molar refractivity (Wildman–Crippen MR) is 292 cm³/mol. The highest BCUT2D eigenvalue weighted by molar-refractivity contribution is 7.81. The standard InChI is InChI=1S/C37H48N6O5S2.C17H18ClNO2S/c1-24(2)33(42-36(46)43(5)20-29-22-49-35(40-29)25(3)4)34(45)39-28(16-26-12-8-6-9-13-26)18-32(44)31(17-27-14-10-7-11-15-27)41-37(47)48-21-30-19-38-23-50-30;1-11(2)6-8-21-16-10-13(4-5-15(16)18)19-17(22)14-7-9-20-12(14)3/h6-15,19,22-25,28,31-33,44H,16-18,20-21H2,1-5H3,(H,39,45)(H,41,47)(H,42,46);4-7,9-10H,8H2,1-3H3,(H,19,22)/t28-,31-,32-,33-;/m0./s1. The summed E-state index contributed by atoms with van der Waals surface area (Å²) in [5, 5.41) is 27.2. The number of halogens is 1. The number of hydrogen-bond acceptors (Lipinski definition) is 12. The van der Waals surface area contributed by atoms with Crippen LogP contribution >= 0.6 is 46.5 Å². The molecule has 3 aromatic carbocycles. The third-order valence-corrected chi connectivity index (χ3v) is 13.7. The highest BCUT2D eigenvalue weighted by Gasteiger charge is 2.31. The molecule has 6 aromatic rings. The molecule has 0 saturated carbocycles. The number of rotatable bonds is 22. The first-order chi connectivity index (χ1) is 34.4. The number of carbonyl (C=O) groups is 3. The number of hydrogen-bond donors (Lipinski definition) is 5. The number of nitrogens with zero attached hydrogens (tertiary/aromatic N) is 3. The lowest BCUT2D eigenvalue weighted by molar-refractivity contribution is -0.124. The number of thiazole rings is 2. The van der Waals surface area contributed by atoms with E-state index in [1.165, 1.54) is 21.8 Å². The maximum atomic E-state index is 13.9. The van der Waals surface area contributed by atoms with Gasteiger partial charge in [-0.05, 0) is 81.4 Å². The van der Waals surface area contributed by atoms with E-state index in [-0.39, 0.29) is 30.9 Å². The van der Waals surface area contributed by atoms with Crippen molar-refractivity contribution in [3.05, 3.63) is 163 Å². The van der Waals surface area contributed by atoms with E-state index in [9.17, 15) is 19.5 Å². The molecule has 3 aromatic heterocycles. The Morgan fingerprint density at radius 2 is 1.62 bits per heavy atom. The fraction of sp³-hybridized carbons (Fsp3) is 0.370. The summed E-state index contributed by atoms with van der Waals surface area (Å²) in [7, 11) is 1.68. The van der Waals surface area contributed by atoms with Crippen LogP contribution < -0.4 is 26.0 Å². The molecule has 0 bridgehead atoms. The highest BCUT2D eigenvalue weighted by Crippen LogP contribution is 2.29. The van der Waals surface area contributed by atoms with Crippen molar-refractivity contribution in [2.45, 2.75) is 111 Å². The summed E-state index contributed by atoms with van der Waals surface area (Å²) in [5.74, 6) is 1.13. The smallest absolute Gasteiger partial charge is 0.407 e. The van der Waals surface area contributed by atoms with Crippen LogP contribution in [-0.4, -0.2) is 80.9 Å². The van der Waals surface area contributed by atoms with Crippen molar-refractivity contribution < 1.29 is 33.4 Å². The van der Waals surface area contributed by atoms with E-state index >= 15 is 0 Å². The third kappa shape index (κ3) is 18.8. The average molecular weight is 1060 g/mol. The minimum atomic E-state index is -1.05. The van der Waals surface area contributed by atoms with Gasteiger partial charge in [0.2, 0.25) is 5.91 Å². The van der Waals surface area contributed by atoms with Crippen LogP contribution in [0.4, 0.5) is 15.3 Å². The van der Waals surface area contributed by atoms with Crippen molar-refractivity contribution in [1.82, 2.24) is 30.8 Å². The molecular weight excluding hydrogens is 990 g/mol. The summed E-state index contributed by atoms with van der Waals surface area (Å²) >= 11 is 14.5. The van der Waals surface area contributed by atoms with Gasteiger partial charge in [-0.3, -0.25) is 9.78 Å². The number of furan rings is 1. The number of benzene rings is 3. The molecule has 0 spiro atoms. The molecule has 5 N–H and O–H groups in total. The Kier molecular flexibility index (Phi) is 22.7. The zero-order valence-electron chi connectivity index (χ0n) is 42.0. The number of ether oxygens (including phenoxy) is 2. The number of urea groups is 1. The van der Waals surface area contributed by atoms with Gasteiger partial charge < -0.3 is 45.2 Å². The van der Waals surface area contributed by atoms with Crippen LogP contribution in [0.1, 0.15) is 91.9 Å². The van der Waals surface area contributed by atoms with Crippen molar-refractivity contribution in [3.63, 3.8) is 0 Å². The van der Waals surface area contributed by atoms with Gasteiger partial charge in [-0.15, -0.1) is 22.7 Å². The number of aryl methyl sites for hydroxylation is 1. The third-order valence-electron chi connectivity index (χ3n) is 11.2. The van der Waals surface area contributed by atoms with Crippen LogP contribution in [0, 0.1) is 12.8 Å². The summed E-state index contributed by atoms with van der Waals surface area (Å²) in [6, 6.07) is 24.1. The number of thiocarbonyl (C=S) groups is 1. The minimum Gasteiger partial charge on any atom is -0.488 e. The zero-order valence-corrected chi connectivity index (χ0v) is 45.2. The van der Waals surface area contributed by atoms with E-state index in [2.05, 4.69) is 45.1 Å². The van der Waals surface area contributed by atoms with Gasteiger partial charge in [0.05, 0.1) is 56.6 Å². The summed E-state index contributed by atoms with van der Waals surface area (Å²) in [4.78, 5) is 51.6. The molecule has 0 saturated heterocycles. The van der Waals surface area contributed by atoms with Gasteiger partial charge in [0, 0.05) is 42.3 Å². The first-order valence-corrected chi connectivity index (χ1v) is 26.2. The number of carbonyl (C=O) groups excluding carboxylic acids is 3. The van der Waals surface area contributed by atoms with Crippen LogP contribution in [-0.2, 0) is 35.5 Å². The molecule has 4 amide bonds. The zero-order chi connectivity index (χ0) is 52.2. The molecule has 0 aliphatic rings. The fourth-order valence-corrected chi connectivity index (χ4v) is 9.03. The topological polar surface area (TPSA) is 180 Å². The molecule has 3 heterocycles. The molecule has 72 heavy (non-hydrogen) atoms. The number of aromatic nitrogens is 2. The molecule has 6 rings (SSSR count). The number of nitrogens with one attached hydrogen (secondary N) is 4. The number of anilines is 1. The molecule has 0 aliphatic carbocycles. The molecule has 0 unspecified atom stereocenters. The second-order valence-electron chi connectivity index (χ2n) is 18.1. The Labute approximate surface area is 441 Å². The van der Waals surface area contributed by atoms with Crippen molar-refractivity contribution in [2.24, 2.45) is 5.92 Å². The summed E-state index contributed by atoms with van der Waals surface area (Å²) in [6.07, 6.45) is 4.45. The van der Waals surface area contributed by atoms with Gasteiger partial charge in [0.15, 0.2) is 0 Å². The molecular formula is C54H66ClN7O7S3.